The van der Waals surface area contributed by atoms with Gasteiger partial charge in [0.05, 0.1) is 5.92 Å². The summed E-state index contributed by atoms with van der Waals surface area (Å²) in [6, 6.07) is 5.81. The zero-order chi connectivity index (χ0) is 15.6. The number of hydrogen-bond donors (Lipinski definition) is 1. The molecule has 2 amide bonds. The van der Waals surface area contributed by atoms with E-state index in [9.17, 15) is 9.59 Å². The molecule has 1 unspecified atom stereocenters. The zero-order valence-corrected chi connectivity index (χ0v) is 14.2. The van der Waals surface area contributed by atoms with Crippen molar-refractivity contribution in [2.45, 2.75) is 27.2 Å². The lowest BCUT2D eigenvalue weighted by molar-refractivity contribution is -0.126. The molecule has 5 heteroatoms. The van der Waals surface area contributed by atoms with E-state index in [2.05, 4.69) is 35.1 Å². The highest BCUT2D eigenvalue weighted by Gasteiger charge is 2.35. The summed E-state index contributed by atoms with van der Waals surface area (Å²) in [7, 11) is 0. The van der Waals surface area contributed by atoms with Crippen molar-refractivity contribution in [2.75, 3.05) is 18.0 Å². The van der Waals surface area contributed by atoms with Crippen LogP contribution < -0.4 is 10.2 Å². The smallest absolute Gasteiger partial charge is 0.227 e. The fourth-order valence-corrected chi connectivity index (χ4v) is 2.63. The third-order valence-electron chi connectivity index (χ3n) is 3.63. The van der Waals surface area contributed by atoms with E-state index >= 15 is 0 Å². The fraction of sp³-hybridized carbons (Fsp3) is 0.500. The van der Waals surface area contributed by atoms with Crippen molar-refractivity contribution in [1.82, 2.24) is 5.32 Å². The third-order valence-corrected chi connectivity index (χ3v) is 4.52. The Kier molecular flexibility index (Phi) is 5.04. The lowest BCUT2D eigenvalue weighted by atomic mass is 10.1. The van der Waals surface area contributed by atoms with Gasteiger partial charge in [-0.25, -0.2) is 0 Å². The molecule has 1 N–H and O–H groups in total. The average Bonchev–Trinajstić information content (AvgIpc) is 2.81. The molecule has 0 saturated carbocycles. The molecule has 1 aromatic rings. The Bertz CT molecular complexity index is 557. The SMILES string of the molecule is Cc1cc(N2CC(C(=O)NCC(C)C)CC2=O)ccc1Br. The Morgan fingerprint density at radius 1 is 1.48 bits per heavy atom. The number of carbonyl (C=O) groups is 2. The van der Waals surface area contributed by atoms with E-state index in [0.29, 0.717) is 25.4 Å². The largest absolute Gasteiger partial charge is 0.356 e. The first-order valence-corrected chi connectivity index (χ1v) is 8.02. The molecule has 0 bridgehead atoms. The zero-order valence-electron chi connectivity index (χ0n) is 12.6. The van der Waals surface area contributed by atoms with Crippen LogP contribution in [0.25, 0.3) is 0 Å². The number of aryl methyl sites for hydroxylation is 1. The Labute approximate surface area is 134 Å². The molecular weight excluding hydrogens is 332 g/mol. The van der Waals surface area contributed by atoms with Crippen molar-refractivity contribution >= 4 is 33.4 Å². The predicted octanol–water partition coefficient (Wildman–Crippen LogP) is 2.88. The van der Waals surface area contributed by atoms with Crippen LogP contribution in [0.15, 0.2) is 22.7 Å². The van der Waals surface area contributed by atoms with Crippen LogP contribution in [-0.4, -0.2) is 24.9 Å². The number of anilines is 1. The van der Waals surface area contributed by atoms with Gasteiger partial charge in [-0.15, -0.1) is 0 Å². The molecule has 1 aliphatic heterocycles. The van der Waals surface area contributed by atoms with Crippen LogP contribution in [0, 0.1) is 18.8 Å². The van der Waals surface area contributed by atoms with Crippen LogP contribution in [0.4, 0.5) is 5.69 Å². The van der Waals surface area contributed by atoms with E-state index in [-0.39, 0.29) is 17.7 Å². The molecule has 1 heterocycles. The minimum absolute atomic E-state index is 0.0152. The second-order valence-electron chi connectivity index (χ2n) is 5.98. The monoisotopic (exact) mass is 352 g/mol. The molecule has 1 fully saturated rings. The number of carbonyl (C=O) groups excluding carboxylic acids is 2. The van der Waals surface area contributed by atoms with Crippen LogP contribution >= 0.6 is 15.9 Å². The van der Waals surface area contributed by atoms with E-state index in [1.165, 1.54) is 0 Å². The first kappa shape index (κ1) is 16.0. The molecular formula is C16H21BrN2O2. The molecule has 0 aliphatic carbocycles. The first-order chi connectivity index (χ1) is 9.88. The molecule has 4 nitrogen and oxygen atoms in total. The van der Waals surface area contributed by atoms with E-state index in [0.717, 1.165) is 15.7 Å². The van der Waals surface area contributed by atoms with Crippen LogP contribution in [0.1, 0.15) is 25.8 Å². The summed E-state index contributed by atoms with van der Waals surface area (Å²) in [5.74, 6) is 0.159. The van der Waals surface area contributed by atoms with Gasteiger partial charge in [-0.3, -0.25) is 9.59 Å². The first-order valence-electron chi connectivity index (χ1n) is 7.22. The molecule has 1 aliphatic rings. The summed E-state index contributed by atoms with van der Waals surface area (Å²) in [5, 5.41) is 2.91. The van der Waals surface area contributed by atoms with Gasteiger partial charge >= 0.3 is 0 Å². The molecule has 1 aromatic carbocycles. The van der Waals surface area contributed by atoms with Gasteiger partial charge in [0.25, 0.3) is 0 Å². The normalized spacial score (nSPS) is 18.4. The number of amides is 2. The van der Waals surface area contributed by atoms with Crippen LogP contribution in [0.2, 0.25) is 0 Å². The van der Waals surface area contributed by atoms with E-state index in [4.69, 9.17) is 0 Å². The lowest BCUT2D eigenvalue weighted by Crippen LogP contribution is -2.35. The summed E-state index contributed by atoms with van der Waals surface area (Å²) in [6.45, 7) is 7.21. The maximum atomic E-state index is 12.2. The number of hydrogen-bond acceptors (Lipinski definition) is 2. The number of rotatable bonds is 4. The molecule has 114 valence electrons. The second kappa shape index (κ2) is 6.60. The lowest BCUT2D eigenvalue weighted by Gasteiger charge is -2.18. The summed E-state index contributed by atoms with van der Waals surface area (Å²) in [4.78, 5) is 26.0. The summed E-state index contributed by atoms with van der Waals surface area (Å²) >= 11 is 3.45. The fourth-order valence-electron chi connectivity index (χ4n) is 2.38. The highest BCUT2D eigenvalue weighted by molar-refractivity contribution is 9.10. The molecule has 2 rings (SSSR count). The van der Waals surface area contributed by atoms with Crippen molar-refractivity contribution < 1.29 is 9.59 Å². The standard InChI is InChI=1S/C16H21BrN2O2/c1-10(2)8-18-16(21)12-7-15(20)19(9-12)13-4-5-14(17)11(3)6-13/h4-6,10,12H,7-9H2,1-3H3,(H,18,21). The van der Waals surface area contributed by atoms with Crippen molar-refractivity contribution in [3.05, 3.63) is 28.2 Å². The minimum atomic E-state index is -0.250. The molecule has 21 heavy (non-hydrogen) atoms. The summed E-state index contributed by atoms with van der Waals surface area (Å²) < 4.78 is 1.02. The highest BCUT2D eigenvalue weighted by Crippen LogP contribution is 2.28. The van der Waals surface area contributed by atoms with Gasteiger partial charge in [0.2, 0.25) is 11.8 Å². The van der Waals surface area contributed by atoms with Crippen molar-refractivity contribution in [3.8, 4) is 0 Å². The summed E-state index contributed by atoms with van der Waals surface area (Å²) in [6.07, 6.45) is 0.291. The van der Waals surface area contributed by atoms with Gasteiger partial charge < -0.3 is 10.2 Å². The Balaban J connectivity index is 2.05. The molecule has 0 spiro atoms. The molecule has 1 atom stereocenters. The van der Waals surface area contributed by atoms with Gasteiger partial charge in [0.1, 0.15) is 0 Å². The van der Waals surface area contributed by atoms with E-state index in [1.807, 2.05) is 25.1 Å². The third kappa shape index (κ3) is 3.84. The van der Waals surface area contributed by atoms with Crippen molar-refractivity contribution in [3.63, 3.8) is 0 Å². The van der Waals surface area contributed by atoms with Gasteiger partial charge in [-0.2, -0.15) is 0 Å². The van der Waals surface area contributed by atoms with Crippen molar-refractivity contribution in [1.29, 1.82) is 0 Å². The quantitative estimate of drug-likeness (QED) is 0.905. The minimum Gasteiger partial charge on any atom is -0.356 e. The Morgan fingerprint density at radius 3 is 2.81 bits per heavy atom. The Morgan fingerprint density at radius 2 is 2.19 bits per heavy atom. The van der Waals surface area contributed by atoms with Gasteiger partial charge in [-0.05, 0) is 36.6 Å². The number of halogens is 1. The Hall–Kier alpha value is -1.36. The van der Waals surface area contributed by atoms with Gasteiger partial charge in [0, 0.05) is 29.7 Å². The number of nitrogens with one attached hydrogen (secondary N) is 1. The second-order valence-corrected chi connectivity index (χ2v) is 6.83. The van der Waals surface area contributed by atoms with Crippen LogP contribution in [-0.2, 0) is 9.59 Å². The van der Waals surface area contributed by atoms with Crippen LogP contribution in [0.3, 0.4) is 0 Å². The van der Waals surface area contributed by atoms with E-state index < -0.39 is 0 Å². The van der Waals surface area contributed by atoms with Gasteiger partial charge in [-0.1, -0.05) is 29.8 Å². The number of nitrogens with zero attached hydrogens (tertiary/aromatic N) is 1. The van der Waals surface area contributed by atoms with Crippen molar-refractivity contribution in [2.24, 2.45) is 11.8 Å². The highest BCUT2D eigenvalue weighted by atomic mass is 79.9. The topological polar surface area (TPSA) is 49.4 Å². The van der Waals surface area contributed by atoms with Crippen LogP contribution in [0.5, 0.6) is 0 Å². The maximum Gasteiger partial charge on any atom is 0.227 e. The molecule has 1 saturated heterocycles. The summed E-state index contributed by atoms with van der Waals surface area (Å²) in [5.41, 5.74) is 1.94. The van der Waals surface area contributed by atoms with E-state index in [1.54, 1.807) is 4.90 Å². The predicted molar refractivity (Wildman–Crippen MR) is 87.2 cm³/mol. The molecule has 0 radical (unpaired) electrons. The van der Waals surface area contributed by atoms with Gasteiger partial charge in [0.15, 0.2) is 0 Å². The number of benzene rings is 1. The molecule has 0 aromatic heterocycles. The maximum absolute atomic E-state index is 12.2. The average molecular weight is 353 g/mol.